The number of hydrogen-bond acceptors (Lipinski definition) is 5. The van der Waals surface area contributed by atoms with Crippen LogP contribution in [0.4, 0.5) is 16.3 Å². The Bertz CT molecular complexity index is 827. The van der Waals surface area contributed by atoms with E-state index in [1.165, 1.54) is 6.92 Å². The second-order valence-corrected chi connectivity index (χ2v) is 6.67. The highest BCUT2D eigenvalue weighted by atomic mass is 16.5. The van der Waals surface area contributed by atoms with Gasteiger partial charge in [-0.3, -0.25) is 10.1 Å². The normalized spacial score (nSPS) is 15.8. The van der Waals surface area contributed by atoms with Crippen molar-refractivity contribution in [3.63, 3.8) is 0 Å². The van der Waals surface area contributed by atoms with Crippen molar-refractivity contribution in [2.24, 2.45) is 0 Å². The number of rotatable bonds is 5. The van der Waals surface area contributed by atoms with Gasteiger partial charge in [0.25, 0.3) is 5.91 Å². The molecule has 2 aromatic rings. The first kappa shape index (κ1) is 19.7. The largest absolute Gasteiger partial charge is 0.495 e. The van der Waals surface area contributed by atoms with Crippen LogP contribution in [0, 0.1) is 0 Å². The Hall–Kier alpha value is -3.07. The zero-order valence-corrected chi connectivity index (χ0v) is 16.0. The number of likely N-dealkylation sites (tertiary alicyclic amines) is 1. The number of urea groups is 1. The maximum absolute atomic E-state index is 12.4. The second-order valence-electron chi connectivity index (χ2n) is 6.67. The molecule has 0 saturated carbocycles. The number of nitrogens with zero attached hydrogens (tertiary/aromatic N) is 3. The summed E-state index contributed by atoms with van der Waals surface area (Å²) in [7, 11) is 1.54. The first-order valence-corrected chi connectivity index (χ1v) is 9.21. The monoisotopic (exact) mass is 387 g/mol. The number of para-hydroxylation sites is 2. The summed E-state index contributed by atoms with van der Waals surface area (Å²) < 4.78 is 7.01. The van der Waals surface area contributed by atoms with Crippen molar-refractivity contribution < 1.29 is 19.4 Å². The van der Waals surface area contributed by atoms with Gasteiger partial charge in [-0.1, -0.05) is 12.1 Å². The van der Waals surface area contributed by atoms with Crippen LogP contribution in [0.25, 0.3) is 0 Å². The predicted octanol–water partition coefficient (Wildman–Crippen LogP) is 2.08. The van der Waals surface area contributed by atoms with Crippen LogP contribution in [0.2, 0.25) is 0 Å². The second kappa shape index (κ2) is 8.75. The fraction of sp³-hybridized carbons (Fsp3) is 0.421. The van der Waals surface area contributed by atoms with E-state index in [-0.39, 0.29) is 11.9 Å². The summed E-state index contributed by atoms with van der Waals surface area (Å²) in [5.74, 6) is 0.891. The van der Waals surface area contributed by atoms with Crippen molar-refractivity contribution in [1.82, 2.24) is 14.7 Å². The summed E-state index contributed by atoms with van der Waals surface area (Å²) in [5, 5.41) is 19.4. The Morgan fingerprint density at radius 2 is 1.93 bits per heavy atom. The number of ether oxygens (including phenoxy) is 1. The lowest BCUT2D eigenvalue weighted by Crippen LogP contribution is -2.43. The van der Waals surface area contributed by atoms with Crippen LogP contribution in [0.5, 0.6) is 5.75 Å². The highest BCUT2D eigenvalue weighted by molar-refractivity contribution is 6.00. The lowest BCUT2D eigenvalue weighted by Gasteiger charge is -2.33. The van der Waals surface area contributed by atoms with Crippen molar-refractivity contribution in [3.05, 3.63) is 36.5 Å². The highest BCUT2D eigenvalue weighted by Crippen LogP contribution is 2.26. The van der Waals surface area contributed by atoms with E-state index in [4.69, 9.17) is 4.74 Å². The number of hydrogen-bond donors (Lipinski definition) is 3. The van der Waals surface area contributed by atoms with Crippen LogP contribution in [-0.4, -0.2) is 58.0 Å². The third kappa shape index (κ3) is 4.42. The number of benzene rings is 1. The lowest BCUT2D eigenvalue weighted by molar-refractivity contribution is -0.140. The molecule has 0 aliphatic carbocycles. The van der Waals surface area contributed by atoms with Gasteiger partial charge < -0.3 is 20.1 Å². The molecule has 0 unspecified atom stereocenters. The van der Waals surface area contributed by atoms with E-state index < -0.39 is 12.1 Å². The minimum Gasteiger partial charge on any atom is -0.495 e. The van der Waals surface area contributed by atoms with E-state index in [0.717, 1.165) is 0 Å². The molecule has 1 atom stereocenters. The van der Waals surface area contributed by atoms with E-state index in [2.05, 4.69) is 15.7 Å². The number of aliphatic hydroxyl groups excluding tert-OH is 1. The molecular formula is C19H25N5O4. The Balaban J connectivity index is 1.61. The van der Waals surface area contributed by atoms with Gasteiger partial charge in [0.1, 0.15) is 17.7 Å². The summed E-state index contributed by atoms with van der Waals surface area (Å²) in [6.45, 7) is 2.56. The van der Waals surface area contributed by atoms with E-state index >= 15 is 0 Å². The summed E-state index contributed by atoms with van der Waals surface area (Å²) in [6, 6.07) is 8.56. The van der Waals surface area contributed by atoms with Gasteiger partial charge in [0, 0.05) is 19.2 Å². The van der Waals surface area contributed by atoms with Crippen LogP contribution in [0.1, 0.15) is 25.8 Å². The van der Waals surface area contributed by atoms with E-state index in [1.807, 2.05) is 12.1 Å². The van der Waals surface area contributed by atoms with Gasteiger partial charge in [0.15, 0.2) is 0 Å². The van der Waals surface area contributed by atoms with E-state index in [9.17, 15) is 14.7 Å². The molecule has 0 spiro atoms. The Kier molecular flexibility index (Phi) is 6.15. The molecule has 9 nitrogen and oxygen atoms in total. The Labute approximate surface area is 163 Å². The third-order valence-electron chi connectivity index (χ3n) is 4.75. The van der Waals surface area contributed by atoms with E-state index in [0.29, 0.717) is 43.2 Å². The molecule has 3 rings (SSSR count). The van der Waals surface area contributed by atoms with Gasteiger partial charge in [-0.2, -0.15) is 5.10 Å². The molecule has 0 radical (unpaired) electrons. The molecule has 1 aliphatic rings. The average Bonchev–Trinajstić information content (AvgIpc) is 3.15. The third-order valence-corrected chi connectivity index (χ3v) is 4.75. The van der Waals surface area contributed by atoms with E-state index in [1.54, 1.807) is 41.1 Å². The minimum atomic E-state index is -0.989. The number of carbonyl (C=O) groups excluding carboxylic acids is 2. The van der Waals surface area contributed by atoms with Crippen molar-refractivity contribution in [2.75, 3.05) is 30.8 Å². The molecular weight excluding hydrogens is 362 g/mol. The van der Waals surface area contributed by atoms with Gasteiger partial charge in [0.05, 0.1) is 25.0 Å². The zero-order valence-electron chi connectivity index (χ0n) is 16.0. The Morgan fingerprint density at radius 3 is 2.61 bits per heavy atom. The first-order valence-electron chi connectivity index (χ1n) is 9.21. The molecule has 150 valence electrons. The smallest absolute Gasteiger partial charge is 0.324 e. The molecule has 1 saturated heterocycles. The lowest BCUT2D eigenvalue weighted by atomic mass is 10.0. The standard InChI is InChI=1S/C19H25N5O4/c1-13(25)18(26)23-11-8-14(9-12-23)24-17(7-10-20-24)22-19(27)21-15-5-3-4-6-16(15)28-2/h3-7,10,13-14,25H,8-9,11-12H2,1-2H3,(H2,21,22,27)/t13-/m0/s1. The van der Waals surface area contributed by atoms with Crippen molar-refractivity contribution in [3.8, 4) is 5.75 Å². The van der Waals surface area contributed by atoms with Gasteiger partial charge in [-0.15, -0.1) is 0 Å². The molecule has 1 aromatic carbocycles. The quantitative estimate of drug-likeness (QED) is 0.728. The summed E-state index contributed by atoms with van der Waals surface area (Å²) in [4.78, 5) is 26.0. The summed E-state index contributed by atoms with van der Waals surface area (Å²) in [6.07, 6.45) is 2.04. The van der Waals surface area contributed by atoms with Crippen LogP contribution in [0.15, 0.2) is 36.5 Å². The molecule has 3 N–H and O–H groups in total. The highest BCUT2D eigenvalue weighted by Gasteiger charge is 2.27. The number of methoxy groups -OCH3 is 1. The first-order chi connectivity index (χ1) is 13.5. The number of aromatic nitrogens is 2. The van der Waals surface area contributed by atoms with Gasteiger partial charge in [-0.05, 0) is 31.9 Å². The predicted molar refractivity (Wildman–Crippen MR) is 104 cm³/mol. The molecule has 28 heavy (non-hydrogen) atoms. The van der Waals surface area contributed by atoms with Crippen LogP contribution in [0.3, 0.4) is 0 Å². The van der Waals surface area contributed by atoms with Gasteiger partial charge in [0.2, 0.25) is 0 Å². The molecule has 1 aliphatic heterocycles. The molecule has 1 aromatic heterocycles. The van der Waals surface area contributed by atoms with Crippen molar-refractivity contribution in [1.29, 1.82) is 0 Å². The van der Waals surface area contributed by atoms with Crippen molar-refractivity contribution in [2.45, 2.75) is 31.9 Å². The molecule has 1 fully saturated rings. The average molecular weight is 387 g/mol. The SMILES string of the molecule is COc1ccccc1NC(=O)Nc1ccnn1C1CCN(C(=O)[C@H](C)O)CC1. The summed E-state index contributed by atoms with van der Waals surface area (Å²) in [5.41, 5.74) is 0.568. The number of anilines is 2. The topological polar surface area (TPSA) is 109 Å². The van der Waals surface area contributed by atoms with Gasteiger partial charge in [-0.25, -0.2) is 9.48 Å². The maximum atomic E-state index is 12.4. The summed E-state index contributed by atoms with van der Waals surface area (Å²) >= 11 is 0. The van der Waals surface area contributed by atoms with Crippen LogP contribution in [-0.2, 0) is 4.79 Å². The minimum absolute atomic E-state index is 0.0645. The van der Waals surface area contributed by atoms with Crippen LogP contribution < -0.4 is 15.4 Å². The molecule has 3 amide bonds. The molecule has 0 bridgehead atoms. The number of carbonyl (C=O) groups is 2. The molecule has 2 heterocycles. The Morgan fingerprint density at radius 1 is 1.21 bits per heavy atom. The number of amides is 3. The fourth-order valence-corrected chi connectivity index (χ4v) is 3.32. The van der Waals surface area contributed by atoms with Crippen molar-refractivity contribution >= 4 is 23.4 Å². The fourth-order valence-electron chi connectivity index (χ4n) is 3.32. The van der Waals surface area contributed by atoms with Gasteiger partial charge >= 0.3 is 6.03 Å². The number of piperidine rings is 1. The zero-order chi connectivity index (χ0) is 20.1. The number of aliphatic hydroxyl groups is 1. The van der Waals surface area contributed by atoms with Crippen LogP contribution >= 0.6 is 0 Å². The molecule has 9 heteroatoms. The number of nitrogens with one attached hydrogen (secondary N) is 2. The maximum Gasteiger partial charge on any atom is 0.324 e.